The van der Waals surface area contributed by atoms with Crippen LogP contribution in [0.4, 0.5) is 0 Å². The largest absolute Gasteiger partial charge is 0.390 e. The van der Waals surface area contributed by atoms with E-state index in [1.54, 1.807) is 0 Å². The molecule has 2 heterocycles. The molecule has 2 atom stereocenters. The van der Waals surface area contributed by atoms with Gasteiger partial charge in [0.1, 0.15) is 0 Å². The standard InChI is InChI=1S/C23H38N4O3.HI/c1-2-24-23(25-11-6-13-29-18-22-9-5-14-30-22)26-15-21(28)17-27-12-10-19-7-3-4-8-20(19)16-27;/h3-4,7-8,21-22,28H,2,5-6,9-18H2,1H3,(H2,24,25,26);1H. The van der Waals surface area contributed by atoms with Crippen LogP contribution in [0.3, 0.4) is 0 Å². The molecule has 0 aromatic heterocycles. The van der Waals surface area contributed by atoms with Gasteiger partial charge in [-0.1, -0.05) is 24.3 Å². The van der Waals surface area contributed by atoms with Crippen LogP contribution < -0.4 is 10.6 Å². The first kappa shape index (κ1) is 26.3. The minimum absolute atomic E-state index is 0. The number of benzene rings is 1. The number of guanidine groups is 1. The summed E-state index contributed by atoms with van der Waals surface area (Å²) in [6.07, 6.45) is 4.03. The number of aliphatic hydroxyl groups is 1. The molecule has 1 aromatic carbocycles. The molecule has 0 bridgehead atoms. The maximum absolute atomic E-state index is 10.5. The van der Waals surface area contributed by atoms with Crippen LogP contribution in [0.15, 0.2) is 29.3 Å². The van der Waals surface area contributed by atoms with Crippen molar-refractivity contribution in [2.45, 2.75) is 51.4 Å². The highest BCUT2D eigenvalue weighted by Crippen LogP contribution is 2.18. The monoisotopic (exact) mass is 546 g/mol. The van der Waals surface area contributed by atoms with Crippen molar-refractivity contribution in [3.05, 3.63) is 35.4 Å². The molecule has 176 valence electrons. The first-order chi connectivity index (χ1) is 14.7. The molecule has 1 aromatic rings. The fourth-order valence-corrected chi connectivity index (χ4v) is 3.98. The van der Waals surface area contributed by atoms with Gasteiger partial charge in [0.15, 0.2) is 5.96 Å². The van der Waals surface area contributed by atoms with Crippen molar-refractivity contribution in [3.63, 3.8) is 0 Å². The van der Waals surface area contributed by atoms with Gasteiger partial charge >= 0.3 is 0 Å². The van der Waals surface area contributed by atoms with Gasteiger partial charge in [0.2, 0.25) is 0 Å². The molecule has 2 aliphatic heterocycles. The molecule has 0 aliphatic carbocycles. The Hall–Kier alpha value is -0.940. The Balaban J connectivity index is 0.00000341. The zero-order valence-electron chi connectivity index (χ0n) is 18.7. The van der Waals surface area contributed by atoms with E-state index in [0.717, 1.165) is 64.4 Å². The van der Waals surface area contributed by atoms with Gasteiger partial charge in [-0.15, -0.1) is 24.0 Å². The highest BCUT2D eigenvalue weighted by atomic mass is 127. The molecule has 0 radical (unpaired) electrons. The zero-order valence-corrected chi connectivity index (χ0v) is 21.1. The molecule has 0 spiro atoms. The fourth-order valence-electron chi connectivity index (χ4n) is 3.98. The lowest BCUT2D eigenvalue weighted by atomic mass is 10.00. The van der Waals surface area contributed by atoms with Crippen molar-refractivity contribution in [2.75, 3.05) is 52.5 Å². The molecule has 8 heteroatoms. The van der Waals surface area contributed by atoms with E-state index >= 15 is 0 Å². The van der Waals surface area contributed by atoms with Crippen molar-refractivity contribution in [3.8, 4) is 0 Å². The van der Waals surface area contributed by atoms with Gasteiger partial charge < -0.3 is 25.2 Å². The lowest BCUT2D eigenvalue weighted by Crippen LogP contribution is -2.40. The van der Waals surface area contributed by atoms with E-state index in [1.807, 2.05) is 6.92 Å². The number of hydrogen-bond acceptors (Lipinski definition) is 5. The molecule has 1 saturated heterocycles. The zero-order chi connectivity index (χ0) is 21.0. The number of aliphatic imine (C=N–C) groups is 1. The predicted molar refractivity (Wildman–Crippen MR) is 135 cm³/mol. The summed E-state index contributed by atoms with van der Waals surface area (Å²) in [5, 5.41) is 17.0. The molecule has 0 amide bonds. The second-order valence-electron chi connectivity index (χ2n) is 8.12. The molecular formula is C23H39IN4O3. The molecular weight excluding hydrogens is 507 g/mol. The number of aliphatic hydroxyl groups excluding tert-OH is 1. The Bertz CT molecular complexity index is 655. The van der Waals surface area contributed by atoms with E-state index in [0.29, 0.717) is 26.3 Å². The smallest absolute Gasteiger partial charge is 0.191 e. The van der Waals surface area contributed by atoms with Gasteiger partial charge in [-0.05, 0) is 43.7 Å². The van der Waals surface area contributed by atoms with Crippen LogP contribution in [0.1, 0.15) is 37.3 Å². The third kappa shape index (κ3) is 9.61. The van der Waals surface area contributed by atoms with Crippen LogP contribution in [-0.4, -0.2) is 80.7 Å². The number of halogens is 1. The van der Waals surface area contributed by atoms with Gasteiger partial charge in [-0.25, -0.2) is 0 Å². The number of ether oxygens (including phenoxy) is 2. The molecule has 2 aliphatic rings. The summed E-state index contributed by atoms with van der Waals surface area (Å²) in [4.78, 5) is 6.87. The third-order valence-corrected chi connectivity index (χ3v) is 5.57. The molecule has 0 saturated carbocycles. The van der Waals surface area contributed by atoms with Crippen LogP contribution in [0.2, 0.25) is 0 Å². The molecule has 31 heavy (non-hydrogen) atoms. The van der Waals surface area contributed by atoms with E-state index in [4.69, 9.17) is 9.47 Å². The van der Waals surface area contributed by atoms with Crippen LogP contribution in [0, 0.1) is 0 Å². The maximum Gasteiger partial charge on any atom is 0.191 e. The van der Waals surface area contributed by atoms with E-state index < -0.39 is 6.10 Å². The third-order valence-electron chi connectivity index (χ3n) is 5.57. The van der Waals surface area contributed by atoms with Crippen molar-refractivity contribution < 1.29 is 14.6 Å². The molecule has 1 fully saturated rings. The van der Waals surface area contributed by atoms with Crippen LogP contribution in [-0.2, 0) is 22.4 Å². The van der Waals surface area contributed by atoms with Crippen LogP contribution in [0.25, 0.3) is 0 Å². The summed E-state index contributed by atoms with van der Waals surface area (Å²) in [6, 6.07) is 8.58. The Morgan fingerprint density at radius 1 is 1.32 bits per heavy atom. The molecule has 3 N–H and O–H groups in total. The van der Waals surface area contributed by atoms with Gasteiger partial charge in [0.05, 0.1) is 25.4 Å². The number of nitrogens with one attached hydrogen (secondary N) is 2. The summed E-state index contributed by atoms with van der Waals surface area (Å²) in [5.41, 5.74) is 2.80. The first-order valence-corrected chi connectivity index (χ1v) is 11.4. The number of nitrogens with zero attached hydrogens (tertiary/aromatic N) is 2. The average molecular weight is 546 g/mol. The van der Waals surface area contributed by atoms with E-state index in [9.17, 15) is 5.11 Å². The van der Waals surface area contributed by atoms with Gasteiger partial charge in [0, 0.05) is 45.9 Å². The number of fused-ring (bicyclic) bond motifs is 1. The number of hydrogen-bond donors (Lipinski definition) is 3. The minimum atomic E-state index is -0.472. The second kappa shape index (κ2) is 15.0. The topological polar surface area (TPSA) is 78.4 Å². The summed E-state index contributed by atoms with van der Waals surface area (Å²) in [5.74, 6) is 0.750. The fraction of sp³-hybridized carbons (Fsp3) is 0.696. The highest BCUT2D eigenvalue weighted by Gasteiger charge is 2.18. The van der Waals surface area contributed by atoms with E-state index in [1.165, 1.54) is 11.1 Å². The lowest BCUT2D eigenvalue weighted by Gasteiger charge is -2.30. The van der Waals surface area contributed by atoms with Gasteiger partial charge in [-0.2, -0.15) is 0 Å². The molecule has 3 rings (SSSR count). The Morgan fingerprint density at radius 2 is 2.16 bits per heavy atom. The van der Waals surface area contributed by atoms with E-state index in [2.05, 4.69) is 44.8 Å². The first-order valence-electron chi connectivity index (χ1n) is 11.4. The summed E-state index contributed by atoms with van der Waals surface area (Å²) < 4.78 is 11.3. The number of β-amino-alcohol motifs (C(OH)–C–C–N with tert-alkyl or cyclic N) is 1. The second-order valence-corrected chi connectivity index (χ2v) is 8.12. The van der Waals surface area contributed by atoms with Crippen LogP contribution in [0.5, 0.6) is 0 Å². The summed E-state index contributed by atoms with van der Waals surface area (Å²) in [7, 11) is 0. The Kier molecular flexibility index (Phi) is 12.7. The Morgan fingerprint density at radius 3 is 2.94 bits per heavy atom. The quantitative estimate of drug-likeness (QED) is 0.171. The minimum Gasteiger partial charge on any atom is -0.390 e. The maximum atomic E-state index is 10.5. The lowest BCUT2D eigenvalue weighted by molar-refractivity contribution is 0.0168. The normalized spacial score (nSPS) is 20.1. The van der Waals surface area contributed by atoms with Crippen LogP contribution >= 0.6 is 24.0 Å². The Labute approximate surface area is 204 Å². The average Bonchev–Trinajstić information content (AvgIpc) is 3.28. The number of rotatable bonds is 11. The summed E-state index contributed by atoms with van der Waals surface area (Å²) in [6.45, 7) is 8.84. The van der Waals surface area contributed by atoms with Crippen molar-refractivity contribution >= 4 is 29.9 Å². The van der Waals surface area contributed by atoms with E-state index in [-0.39, 0.29) is 30.1 Å². The summed E-state index contributed by atoms with van der Waals surface area (Å²) >= 11 is 0. The predicted octanol–water partition coefficient (Wildman–Crippen LogP) is 2.16. The molecule has 7 nitrogen and oxygen atoms in total. The van der Waals surface area contributed by atoms with Crippen molar-refractivity contribution in [1.29, 1.82) is 0 Å². The van der Waals surface area contributed by atoms with Gasteiger partial charge in [-0.3, -0.25) is 9.89 Å². The van der Waals surface area contributed by atoms with Gasteiger partial charge in [0.25, 0.3) is 0 Å². The van der Waals surface area contributed by atoms with Crippen molar-refractivity contribution in [2.24, 2.45) is 4.99 Å². The molecule has 2 unspecified atom stereocenters. The SMILES string of the molecule is CCNC(=NCC(O)CN1CCc2ccccc2C1)NCCCOCC1CCCO1.I. The highest BCUT2D eigenvalue weighted by molar-refractivity contribution is 14.0. The van der Waals surface area contributed by atoms with Crippen molar-refractivity contribution in [1.82, 2.24) is 15.5 Å².